The molecule has 6 nitrogen and oxygen atoms in total. The van der Waals surface area contributed by atoms with Crippen molar-refractivity contribution in [3.8, 4) is 5.88 Å². The van der Waals surface area contributed by atoms with E-state index >= 15 is 0 Å². The van der Waals surface area contributed by atoms with Crippen LogP contribution in [0.1, 0.15) is 20.3 Å². The molecule has 0 atom stereocenters. The minimum absolute atomic E-state index is 0.0781. The van der Waals surface area contributed by atoms with Crippen LogP contribution in [0.2, 0.25) is 5.15 Å². The number of aromatic nitrogens is 2. The van der Waals surface area contributed by atoms with Crippen molar-refractivity contribution in [3.05, 3.63) is 21.6 Å². The number of rotatable bonds is 5. The van der Waals surface area contributed by atoms with Gasteiger partial charge >= 0.3 is 5.69 Å². The topological polar surface area (TPSA) is 78.2 Å². The van der Waals surface area contributed by atoms with Gasteiger partial charge in [-0.3, -0.25) is 10.1 Å². The van der Waals surface area contributed by atoms with Gasteiger partial charge in [0.05, 0.1) is 11.5 Å². The van der Waals surface area contributed by atoms with Gasteiger partial charge in [0.2, 0.25) is 5.15 Å². The summed E-state index contributed by atoms with van der Waals surface area (Å²) in [5, 5.41) is 10.5. The molecule has 7 heteroatoms. The summed E-state index contributed by atoms with van der Waals surface area (Å²) in [6.07, 6.45) is 1.93. The van der Waals surface area contributed by atoms with Crippen molar-refractivity contribution in [3.63, 3.8) is 0 Å². The zero-order chi connectivity index (χ0) is 12.1. The van der Waals surface area contributed by atoms with E-state index in [1.165, 1.54) is 0 Å². The lowest BCUT2D eigenvalue weighted by atomic mass is 10.1. The van der Waals surface area contributed by atoms with Crippen LogP contribution in [0, 0.1) is 16.0 Å². The van der Waals surface area contributed by atoms with Gasteiger partial charge in [0.25, 0.3) is 5.88 Å². The number of ether oxygens (including phenoxy) is 1. The molecule has 1 aromatic rings. The third kappa shape index (κ3) is 3.30. The Morgan fingerprint density at radius 2 is 2.25 bits per heavy atom. The van der Waals surface area contributed by atoms with E-state index in [0.29, 0.717) is 12.5 Å². The van der Waals surface area contributed by atoms with Gasteiger partial charge in [0, 0.05) is 0 Å². The second-order valence-electron chi connectivity index (χ2n) is 3.61. The van der Waals surface area contributed by atoms with E-state index in [2.05, 4.69) is 9.97 Å². The smallest absolute Gasteiger partial charge is 0.367 e. The Bertz CT molecular complexity index is 384. The minimum atomic E-state index is -0.646. The zero-order valence-electron chi connectivity index (χ0n) is 9.01. The summed E-state index contributed by atoms with van der Waals surface area (Å²) in [6, 6.07) is 0. The Kier molecular flexibility index (Phi) is 4.42. The van der Waals surface area contributed by atoms with Gasteiger partial charge in [0.1, 0.15) is 6.33 Å². The van der Waals surface area contributed by atoms with E-state index in [1.807, 2.05) is 13.8 Å². The van der Waals surface area contributed by atoms with Crippen LogP contribution < -0.4 is 4.74 Å². The Balaban J connectivity index is 2.79. The van der Waals surface area contributed by atoms with E-state index in [1.54, 1.807) is 0 Å². The molecule has 0 aliphatic rings. The fourth-order valence-corrected chi connectivity index (χ4v) is 1.19. The zero-order valence-corrected chi connectivity index (χ0v) is 9.77. The quantitative estimate of drug-likeness (QED) is 0.452. The van der Waals surface area contributed by atoms with E-state index in [4.69, 9.17) is 16.3 Å². The van der Waals surface area contributed by atoms with Crippen LogP contribution in [0.4, 0.5) is 5.69 Å². The first kappa shape index (κ1) is 12.6. The molecule has 0 radical (unpaired) electrons. The van der Waals surface area contributed by atoms with Crippen LogP contribution in [-0.2, 0) is 0 Å². The molecule has 0 amide bonds. The summed E-state index contributed by atoms with van der Waals surface area (Å²) in [5.41, 5.74) is -0.382. The highest BCUT2D eigenvalue weighted by Gasteiger charge is 2.22. The number of nitro groups is 1. The average Bonchev–Trinajstić information content (AvgIpc) is 2.16. The molecule has 0 aliphatic heterocycles. The summed E-state index contributed by atoms with van der Waals surface area (Å²) in [4.78, 5) is 17.3. The molecule has 0 unspecified atom stereocenters. The van der Waals surface area contributed by atoms with E-state index < -0.39 is 4.92 Å². The van der Waals surface area contributed by atoms with Gasteiger partial charge < -0.3 is 4.74 Å². The maximum Gasteiger partial charge on any atom is 0.367 e. The van der Waals surface area contributed by atoms with Gasteiger partial charge in [0.15, 0.2) is 0 Å². The van der Waals surface area contributed by atoms with Gasteiger partial charge in [-0.2, -0.15) is 4.98 Å². The largest absolute Gasteiger partial charge is 0.473 e. The summed E-state index contributed by atoms with van der Waals surface area (Å²) < 4.78 is 5.21. The van der Waals surface area contributed by atoms with Crippen LogP contribution in [-0.4, -0.2) is 21.5 Å². The Morgan fingerprint density at radius 1 is 1.56 bits per heavy atom. The molecule has 0 fully saturated rings. The number of hydrogen-bond acceptors (Lipinski definition) is 5. The molecule has 0 spiro atoms. The second-order valence-corrected chi connectivity index (χ2v) is 3.96. The maximum absolute atomic E-state index is 10.7. The Morgan fingerprint density at radius 3 is 2.81 bits per heavy atom. The lowest BCUT2D eigenvalue weighted by Crippen LogP contribution is -2.05. The van der Waals surface area contributed by atoms with E-state index in [0.717, 1.165) is 12.7 Å². The van der Waals surface area contributed by atoms with Crippen LogP contribution in [0.5, 0.6) is 5.88 Å². The fraction of sp³-hybridized carbons (Fsp3) is 0.556. The van der Waals surface area contributed by atoms with E-state index in [9.17, 15) is 10.1 Å². The van der Waals surface area contributed by atoms with Crippen molar-refractivity contribution >= 4 is 17.3 Å². The second kappa shape index (κ2) is 5.60. The predicted molar refractivity (Wildman–Crippen MR) is 58.6 cm³/mol. The Labute approximate surface area is 97.8 Å². The van der Waals surface area contributed by atoms with Crippen molar-refractivity contribution in [2.24, 2.45) is 5.92 Å². The maximum atomic E-state index is 10.7. The minimum Gasteiger partial charge on any atom is -0.473 e. The standard InChI is InChI=1S/C9H12ClN3O3/c1-6(2)3-4-16-9-7(13(14)15)8(10)11-5-12-9/h5-6H,3-4H2,1-2H3. The predicted octanol–water partition coefficient (Wildman–Crippen LogP) is 2.46. The first-order valence-corrected chi connectivity index (χ1v) is 5.18. The fourth-order valence-electron chi connectivity index (χ4n) is 0.993. The lowest BCUT2D eigenvalue weighted by Gasteiger charge is -2.07. The molecule has 1 rings (SSSR count). The summed E-state index contributed by atoms with van der Waals surface area (Å²) in [5.74, 6) is 0.377. The van der Waals surface area contributed by atoms with Crippen LogP contribution in [0.25, 0.3) is 0 Å². The summed E-state index contributed by atoms with van der Waals surface area (Å²) in [7, 11) is 0. The van der Waals surface area contributed by atoms with Gasteiger partial charge in [-0.1, -0.05) is 25.4 Å². The van der Waals surface area contributed by atoms with Crippen LogP contribution >= 0.6 is 11.6 Å². The Hall–Kier alpha value is -1.43. The molecule has 0 N–H and O–H groups in total. The SMILES string of the molecule is CC(C)CCOc1ncnc(Cl)c1[N+](=O)[O-]. The van der Waals surface area contributed by atoms with Gasteiger partial charge in [-0.05, 0) is 12.3 Å². The van der Waals surface area contributed by atoms with Crippen molar-refractivity contribution < 1.29 is 9.66 Å². The molecule has 1 aromatic heterocycles. The molecular weight excluding hydrogens is 234 g/mol. The van der Waals surface area contributed by atoms with Crippen molar-refractivity contribution in [2.45, 2.75) is 20.3 Å². The molecule has 0 saturated carbocycles. The monoisotopic (exact) mass is 245 g/mol. The number of nitrogens with zero attached hydrogens (tertiary/aromatic N) is 3. The van der Waals surface area contributed by atoms with Crippen LogP contribution in [0.3, 0.4) is 0 Å². The highest BCUT2D eigenvalue weighted by atomic mass is 35.5. The van der Waals surface area contributed by atoms with Gasteiger partial charge in [-0.15, -0.1) is 0 Å². The molecule has 0 saturated heterocycles. The third-order valence-electron chi connectivity index (χ3n) is 1.86. The number of hydrogen-bond donors (Lipinski definition) is 0. The third-order valence-corrected chi connectivity index (χ3v) is 2.14. The average molecular weight is 246 g/mol. The summed E-state index contributed by atoms with van der Waals surface area (Å²) >= 11 is 5.59. The molecule has 16 heavy (non-hydrogen) atoms. The van der Waals surface area contributed by atoms with Crippen molar-refractivity contribution in [1.82, 2.24) is 9.97 Å². The number of halogens is 1. The highest BCUT2D eigenvalue weighted by Crippen LogP contribution is 2.30. The molecular formula is C9H12ClN3O3. The molecule has 1 heterocycles. The van der Waals surface area contributed by atoms with Gasteiger partial charge in [-0.25, -0.2) is 4.98 Å². The van der Waals surface area contributed by atoms with Crippen LogP contribution in [0.15, 0.2) is 6.33 Å². The molecule has 0 aliphatic carbocycles. The van der Waals surface area contributed by atoms with Crippen molar-refractivity contribution in [1.29, 1.82) is 0 Å². The summed E-state index contributed by atoms with van der Waals surface area (Å²) in [6.45, 7) is 4.43. The lowest BCUT2D eigenvalue weighted by molar-refractivity contribution is -0.386. The first-order chi connectivity index (χ1) is 7.52. The van der Waals surface area contributed by atoms with E-state index in [-0.39, 0.29) is 16.7 Å². The molecule has 88 valence electrons. The molecule has 0 bridgehead atoms. The first-order valence-electron chi connectivity index (χ1n) is 4.80. The van der Waals surface area contributed by atoms with Crippen molar-refractivity contribution in [2.75, 3.05) is 6.61 Å². The normalized spacial score (nSPS) is 10.5. The molecule has 0 aromatic carbocycles. The highest BCUT2D eigenvalue weighted by molar-refractivity contribution is 6.31.